The van der Waals surface area contributed by atoms with Crippen LogP contribution in [-0.4, -0.2) is 67.4 Å². The van der Waals surface area contributed by atoms with Crippen LogP contribution in [0, 0.1) is 0 Å². The Kier molecular flexibility index (Phi) is 7.54. The zero-order valence-electron chi connectivity index (χ0n) is 13.7. The Morgan fingerprint density at radius 1 is 0.800 bits per heavy atom. The third-order valence-electron chi connectivity index (χ3n) is 3.89. The van der Waals surface area contributed by atoms with E-state index in [0.717, 1.165) is 17.3 Å². The summed E-state index contributed by atoms with van der Waals surface area (Å²) >= 11 is -3.79. The summed E-state index contributed by atoms with van der Waals surface area (Å²) in [5.74, 6) is -0.297. The van der Waals surface area contributed by atoms with Crippen molar-refractivity contribution in [2.45, 2.75) is 45.0 Å². The van der Waals surface area contributed by atoms with Crippen LogP contribution in [0.5, 0.6) is 0 Å². The molecule has 0 heterocycles. The van der Waals surface area contributed by atoms with Gasteiger partial charge in [-0.1, -0.05) is 0 Å². The van der Waals surface area contributed by atoms with Crippen LogP contribution in [0.2, 0.25) is 4.44 Å². The minimum absolute atomic E-state index is 0.0990. The Morgan fingerprint density at radius 2 is 1.10 bits per heavy atom. The summed E-state index contributed by atoms with van der Waals surface area (Å²) in [5, 5.41) is 0. The molecule has 0 aromatic heterocycles. The molecule has 0 unspecified atom stereocenters. The number of hydrogen-bond donors (Lipinski definition) is 0. The molecule has 0 aliphatic rings. The maximum atomic E-state index is 11.9. The van der Waals surface area contributed by atoms with E-state index in [-0.39, 0.29) is 17.7 Å². The molecule has 0 radical (unpaired) electrons. The monoisotopic (exact) mass is 393 g/mol. The molecule has 116 valence electrons. The fraction of sp³-hybridized carbons (Fsp3) is 0.769. The summed E-state index contributed by atoms with van der Waals surface area (Å²) in [5.41, 5.74) is 0. The molecule has 0 aromatic carbocycles. The second-order valence-corrected chi connectivity index (χ2v) is 16.7. The molecule has 20 heavy (non-hydrogen) atoms. The molecule has 3 amide bonds. The van der Waals surface area contributed by atoms with E-state index < -0.39 is 19.2 Å². The van der Waals surface area contributed by atoms with Gasteiger partial charge in [0, 0.05) is 0 Å². The van der Waals surface area contributed by atoms with Crippen LogP contribution in [0.15, 0.2) is 0 Å². The first kappa shape index (κ1) is 19.2. The summed E-state index contributed by atoms with van der Waals surface area (Å²) in [6.07, 6.45) is 1.85. The zero-order chi connectivity index (χ0) is 16.1. The Labute approximate surface area is 127 Å². The molecule has 0 spiro atoms. The second kappa shape index (κ2) is 7.85. The van der Waals surface area contributed by atoms with Crippen molar-refractivity contribution in [2.75, 3.05) is 21.1 Å². The predicted octanol–water partition coefficient (Wildman–Crippen LogP) is 1.16. The summed E-state index contributed by atoms with van der Waals surface area (Å²) in [7, 11) is 5.15. The normalized spacial score (nSPS) is 10.9. The van der Waals surface area contributed by atoms with Crippen LogP contribution in [0.4, 0.5) is 0 Å². The molecule has 0 N–H and O–H groups in total. The fourth-order valence-corrected chi connectivity index (χ4v) is 15.8. The Morgan fingerprint density at radius 3 is 1.30 bits per heavy atom. The number of carbonyl (C=O) groups is 3. The average molecular weight is 392 g/mol. The van der Waals surface area contributed by atoms with E-state index in [1.807, 2.05) is 0 Å². The summed E-state index contributed by atoms with van der Waals surface area (Å²) < 4.78 is 5.75. The van der Waals surface area contributed by atoms with E-state index in [1.54, 1.807) is 30.5 Å². The molecule has 0 aliphatic heterocycles. The number of hydrogen-bond acceptors (Lipinski definition) is 3. The SMILES string of the molecule is CCC[CH2][Sn]([N](C)C(C)=O)([N](C)C(C)=O)[N](C)C(C)=O. The Balaban J connectivity index is 5.93. The number of carbonyl (C=O) groups excluding carboxylic acids is 3. The summed E-state index contributed by atoms with van der Waals surface area (Å²) in [6, 6.07) is 0. The third-order valence-corrected chi connectivity index (χ3v) is 18.7. The maximum absolute atomic E-state index is 11.9. The van der Waals surface area contributed by atoms with Gasteiger partial charge in [-0.3, -0.25) is 0 Å². The summed E-state index contributed by atoms with van der Waals surface area (Å²) in [6.45, 7) is 6.52. The molecule has 0 rings (SSSR count). The van der Waals surface area contributed by atoms with Gasteiger partial charge in [-0.15, -0.1) is 0 Å². The van der Waals surface area contributed by atoms with Crippen molar-refractivity contribution >= 4 is 36.9 Å². The van der Waals surface area contributed by atoms with Gasteiger partial charge < -0.3 is 0 Å². The van der Waals surface area contributed by atoms with Crippen molar-refractivity contribution in [1.29, 1.82) is 0 Å². The molecule has 0 saturated carbocycles. The average Bonchev–Trinajstić information content (AvgIpc) is 2.37. The first-order valence-electron chi connectivity index (χ1n) is 6.86. The third kappa shape index (κ3) is 3.86. The molecular weight excluding hydrogens is 365 g/mol. The van der Waals surface area contributed by atoms with E-state index in [0.29, 0.717) is 0 Å². The molecule has 0 saturated heterocycles. The van der Waals surface area contributed by atoms with Crippen molar-refractivity contribution in [2.24, 2.45) is 0 Å². The van der Waals surface area contributed by atoms with Crippen LogP contribution in [0.1, 0.15) is 40.5 Å². The van der Waals surface area contributed by atoms with Crippen molar-refractivity contribution in [3.63, 3.8) is 0 Å². The first-order valence-corrected chi connectivity index (χ1v) is 12.7. The molecule has 0 aliphatic carbocycles. The fourth-order valence-electron chi connectivity index (χ4n) is 2.35. The quantitative estimate of drug-likeness (QED) is 0.638. The number of amides is 3. The Hall–Kier alpha value is -0.791. The van der Waals surface area contributed by atoms with Crippen LogP contribution >= 0.6 is 0 Å². The van der Waals surface area contributed by atoms with Crippen molar-refractivity contribution in [3.05, 3.63) is 0 Å². The van der Waals surface area contributed by atoms with Gasteiger partial charge in [0.15, 0.2) is 0 Å². The molecule has 6 nitrogen and oxygen atoms in total. The standard InChI is InChI=1S/C4H9.3C3H7NO.Sn/c1-3-4-2;3*1-3(5)4-2;/h1,3-4H2,2H3;3*1-2H3,(H,4,5);/q;;;;+3/p-3. The van der Waals surface area contributed by atoms with E-state index in [2.05, 4.69) is 6.92 Å². The van der Waals surface area contributed by atoms with Gasteiger partial charge >= 0.3 is 127 Å². The number of nitrogens with zero attached hydrogens (tertiary/aromatic N) is 3. The van der Waals surface area contributed by atoms with Gasteiger partial charge in [0.25, 0.3) is 0 Å². The van der Waals surface area contributed by atoms with Gasteiger partial charge in [-0.25, -0.2) is 0 Å². The van der Waals surface area contributed by atoms with Crippen LogP contribution in [-0.2, 0) is 14.4 Å². The van der Waals surface area contributed by atoms with E-state index in [1.165, 1.54) is 20.8 Å². The second-order valence-electron chi connectivity index (χ2n) is 5.11. The van der Waals surface area contributed by atoms with E-state index in [9.17, 15) is 14.4 Å². The molecule has 0 bridgehead atoms. The van der Waals surface area contributed by atoms with Crippen LogP contribution in [0.3, 0.4) is 0 Å². The molecular formula is C13H27N3O3Sn. The van der Waals surface area contributed by atoms with Gasteiger partial charge in [0.05, 0.1) is 0 Å². The van der Waals surface area contributed by atoms with E-state index in [4.69, 9.17) is 0 Å². The zero-order valence-corrected chi connectivity index (χ0v) is 16.5. The van der Waals surface area contributed by atoms with Crippen molar-refractivity contribution in [1.82, 2.24) is 9.36 Å². The minimum atomic E-state index is -3.79. The number of unbranched alkanes of at least 4 members (excludes halogenated alkanes) is 1. The van der Waals surface area contributed by atoms with Gasteiger partial charge in [-0.05, 0) is 0 Å². The van der Waals surface area contributed by atoms with Crippen molar-refractivity contribution in [3.8, 4) is 0 Å². The first-order chi connectivity index (χ1) is 9.12. The van der Waals surface area contributed by atoms with E-state index >= 15 is 0 Å². The van der Waals surface area contributed by atoms with Gasteiger partial charge in [-0.2, -0.15) is 0 Å². The van der Waals surface area contributed by atoms with Gasteiger partial charge in [0.1, 0.15) is 0 Å². The summed E-state index contributed by atoms with van der Waals surface area (Å²) in [4.78, 5) is 35.7. The predicted molar refractivity (Wildman–Crippen MR) is 80.8 cm³/mol. The molecule has 7 heteroatoms. The molecule has 0 aromatic rings. The van der Waals surface area contributed by atoms with Crippen LogP contribution in [0.25, 0.3) is 0 Å². The molecule has 0 fully saturated rings. The van der Waals surface area contributed by atoms with Crippen molar-refractivity contribution < 1.29 is 14.4 Å². The number of rotatable bonds is 6. The molecule has 0 atom stereocenters. The Bertz CT molecular complexity index is 337. The van der Waals surface area contributed by atoms with Crippen LogP contribution < -0.4 is 0 Å². The van der Waals surface area contributed by atoms with Gasteiger partial charge in [0.2, 0.25) is 0 Å². The topological polar surface area (TPSA) is 60.9 Å².